The minimum atomic E-state index is -0.455. The van der Waals surface area contributed by atoms with Crippen LogP contribution >= 0.6 is 0 Å². The highest BCUT2D eigenvalue weighted by Crippen LogP contribution is 2.18. The maximum Gasteiger partial charge on any atom is 0.248 e. The van der Waals surface area contributed by atoms with Crippen LogP contribution in [0.5, 0.6) is 0 Å². The number of nitrogens with two attached hydrogens (primary N) is 1. The summed E-state index contributed by atoms with van der Waals surface area (Å²) in [7, 11) is 0. The second-order valence-corrected chi connectivity index (χ2v) is 5.41. The van der Waals surface area contributed by atoms with Gasteiger partial charge in [0, 0.05) is 17.7 Å². The molecule has 0 aliphatic carbocycles. The predicted molar refractivity (Wildman–Crippen MR) is 94.6 cm³/mol. The molecule has 3 N–H and O–H groups in total. The molecular formula is C19H18N4O. The fourth-order valence-corrected chi connectivity index (χ4v) is 2.39. The van der Waals surface area contributed by atoms with Crippen molar-refractivity contribution in [1.82, 2.24) is 10.2 Å². The number of aromatic nitrogens is 2. The lowest BCUT2D eigenvalue weighted by atomic mass is 10.1. The first-order chi connectivity index (χ1) is 11.7. The van der Waals surface area contributed by atoms with Crippen molar-refractivity contribution in [2.45, 2.75) is 6.42 Å². The number of nitrogens with zero attached hydrogens (tertiary/aromatic N) is 2. The predicted octanol–water partition coefficient (Wildman–Crippen LogP) is 2.90. The molecule has 0 aliphatic heterocycles. The van der Waals surface area contributed by atoms with Gasteiger partial charge in [-0.25, -0.2) is 0 Å². The van der Waals surface area contributed by atoms with Crippen molar-refractivity contribution in [2.75, 3.05) is 11.9 Å². The number of amides is 1. The summed E-state index contributed by atoms with van der Waals surface area (Å²) >= 11 is 0. The molecule has 3 aromatic rings. The van der Waals surface area contributed by atoms with Crippen LogP contribution in [-0.4, -0.2) is 22.6 Å². The maximum absolute atomic E-state index is 11.2. The number of nitrogens with one attached hydrogen (secondary N) is 1. The maximum atomic E-state index is 11.2. The summed E-state index contributed by atoms with van der Waals surface area (Å²) in [5, 5.41) is 11.6. The van der Waals surface area contributed by atoms with E-state index < -0.39 is 5.91 Å². The number of benzene rings is 2. The first-order valence-electron chi connectivity index (χ1n) is 7.74. The molecule has 120 valence electrons. The summed E-state index contributed by atoms with van der Waals surface area (Å²) in [6, 6.07) is 21.1. The third kappa shape index (κ3) is 3.95. The highest BCUT2D eigenvalue weighted by Gasteiger charge is 2.05. The van der Waals surface area contributed by atoms with Gasteiger partial charge in [-0.2, -0.15) is 0 Å². The zero-order valence-corrected chi connectivity index (χ0v) is 13.1. The van der Waals surface area contributed by atoms with Crippen LogP contribution in [0.1, 0.15) is 15.9 Å². The van der Waals surface area contributed by atoms with Crippen LogP contribution in [0, 0.1) is 0 Å². The Labute approximate surface area is 140 Å². The van der Waals surface area contributed by atoms with Gasteiger partial charge in [-0.15, -0.1) is 10.2 Å². The van der Waals surface area contributed by atoms with Gasteiger partial charge in [0.05, 0.1) is 5.69 Å². The quantitative estimate of drug-likeness (QED) is 0.732. The van der Waals surface area contributed by atoms with Crippen molar-refractivity contribution in [3.8, 4) is 11.3 Å². The summed E-state index contributed by atoms with van der Waals surface area (Å²) in [5.74, 6) is 0.268. The summed E-state index contributed by atoms with van der Waals surface area (Å²) in [5.41, 5.74) is 8.55. The van der Waals surface area contributed by atoms with Crippen molar-refractivity contribution in [3.63, 3.8) is 0 Å². The minimum absolute atomic E-state index is 0.455. The molecule has 0 saturated carbocycles. The molecule has 24 heavy (non-hydrogen) atoms. The van der Waals surface area contributed by atoms with Gasteiger partial charge in [0.15, 0.2) is 0 Å². The Morgan fingerprint density at radius 3 is 2.50 bits per heavy atom. The van der Waals surface area contributed by atoms with Gasteiger partial charge >= 0.3 is 0 Å². The van der Waals surface area contributed by atoms with Crippen LogP contribution in [0.15, 0.2) is 66.7 Å². The zero-order chi connectivity index (χ0) is 16.8. The Bertz CT molecular complexity index is 816. The third-order valence-electron chi connectivity index (χ3n) is 3.67. The Balaban J connectivity index is 1.63. The number of primary amides is 1. The Morgan fingerprint density at radius 2 is 1.79 bits per heavy atom. The van der Waals surface area contributed by atoms with E-state index in [1.54, 1.807) is 18.2 Å². The summed E-state index contributed by atoms with van der Waals surface area (Å²) < 4.78 is 0. The van der Waals surface area contributed by atoms with Crippen molar-refractivity contribution >= 4 is 11.7 Å². The van der Waals surface area contributed by atoms with E-state index in [0.29, 0.717) is 11.3 Å². The standard InChI is InChI=1S/C19H18N4O/c20-19(24)16-8-4-7-15(13-16)17-9-10-18(23-22-17)21-12-11-14-5-2-1-3-6-14/h1-10,13H,11-12H2,(H2,20,24)(H,21,23). The fraction of sp³-hybridized carbons (Fsp3) is 0.105. The van der Waals surface area contributed by atoms with Crippen LogP contribution in [0.4, 0.5) is 5.82 Å². The van der Waals surface area contributed by atoms with Gasteiger partial charge in [-0.3, -0.25) is 4.79 Å². The van der Waals surface area contributed by atoms with Gasteiger partial charge < -0.3 is 11.1 Å². The van der Waals surface area contributed by atoms with Crippen LogP contribution in [0.25, 0.3) is 11.3 Å². The molecule has 0 bridgehead atoms. The molecular weight excluding hydrogens is 300 g/mol. The molecule has 0 aliphatic rings. The fourth-order valence-electron chi connectivity index (χ4n) is 2.39. The average molecular weight is 318 g/mol. The monoisotopic (exact) mass is 318 g/mol. The lowest BCUT2D eigenvalue weighted by Crippen LogP contribution is -2.10. The van der Waals surface area contributed by atoms with Crippen molar-refractivity contribution in [2.24, 2.45) is 5.73 Å². The first kappa shape index (κ1) is 15.7. The molecule has 0 spiro atoms. The highest BCUT2D eigenvalue weighted by atomic mass is 16.1. The van der Waals surface area contributed by atoms with E-state index in [2.05, 4.69) is 27.6 Å². The smallest absolute Gasteiger partial charge is 0.248 e. The number of carbonyl (C=O) groups is 1. The summed E-state index contributed by atoms with van der Waals surface area (Å²) in [6.45, 7) is 0.787. The van der Waals surface area contributed by atoms with E-state index in [1.807, 2.05) is 36.4 Å². The van der Waals surface area contributed by atoms with E-state index in [1.165, 1.54) is 5.56 Å². The SMILES string of the molecule is NC(=O)c1cccc(-c2ccc(NCCc3ccccc3)nn2)c1. The van der Waals surface area contributed by atoms with Gasteiger partial charge in [-0.1, -0.05) is 42.5 Å². The molecule has 3 rings (SSSR count). The molecule has 5 heteroatoms. The summed E-state index contributed by atoms with van der Waals surface area (Å²) in [4.78, 5) is 11.2. The number of carbonyl (C=O) groups excluding carboxylic acids is 1. The van der Waals surface area contributed by atoms with Gasteiger partial charge in [0.2, 0.25) is 5.91 Å². The van der Waals surface area contributed by atoms with Crippen LogP contribution in [0.3, 0.4) is 0 Å². The summed E-state index contributed by atoms with van der Waals surface area (Å²) in [6.07, 6.45) is 0.922. The zero-order valence-electron chi connectivity index (χ0n) is 13.1. The topological polar surface area (TPSA) is 80.9 Å². The molecule has 0 radical (unpaired) electrons. The third-order valence-corrected chi connectivity index (χ3v) is 3.67. The van der Waals surface area contributed by atoms with Gasteiger partial charge in [0.25, 0.3) is 0 Å². The molecule has 0 unspecified atom stereocenters. The molecule has 1 aromatic heterocycles. The van der Waals surface area contributed by atoms with E-state index in [-0.39, 0.29) is 0 Å². The number of rotatable bonds is 6. The van der Waals surface area contributed by atoms with Gasteiger partial charge in [-0.05, 0) is 36.2 Å². The Hall–Kier alpha value is -3.21. The molecule has 0 atom stereocenters. The van der Waals surface area contributed by atoms with E-state index in [4.69, 9.17) is 5.73 Å². The molecule has 0 fully saturated rings. The molecule has 5 nitrogen and oxygen atoms in total. The highest BCUT2D eigenvalue weighted by molar-refractivity contribution is 5.93. The van der Waals surface area contributed by atoms with Crippen molar-refractivity contribution in [3.05, 3.63) is 77.9 Å². The molecule has 0 saturated heterocycles. The minimum Gasteiger partial charge on any atom is -0.368 e. The number of hydrogen-bond acceptors (Lipinski definition) is 4. The lowest BCUT2D eigenvalue weighted by Gasteiger charge is -2.06. The van der Waals surface area contributed by atoms with Crippen molar-refractivity contribution < 1.29 is 4.79 Å². The largest absolute Gasteiger partial charge is 0.368 e. The van der Waals surface area contributed by atoms with Crippen LogP contribution < -0.4 is 11.1 Å². The van der Waals surface area contributed by atoms with E-state index in [0.717, 1.165) is 24.3 Å². The van der Waals surface area contributed by atoms with E-state index >= 15 is 0 Å². The number of hydrogen-bond donors (Lipinski definition) is 2. The number of anilines is 1. The molecule has 2 aromatic carbocycles. The average Bonchev–Trinajstić information content (AvgIpc) is 2.63. The Morgan fingerprint density at radius 1 is 0.958 bits per heavy atom. The molecule has 1 heterocycles. The van der Waals surface area contributed by atoms with Crippen LogP contribution in [-0.2, 0) is 6.42 Å². The second-order valence-electron chi connectivity index (χ2n) is 5.41. The van der Waals surface area contributed by atoms with Crippen molar-refractivity contribution in [1.29, 1.82) is 0 Å². The molecule has 1 amide bonds. The Kier molecular flexibility index (Phi) is 4.81. The first-order valence-corrected chi connectivity index (χ1v) is 7.74. The normalized spacial score (nSPS) is 10.3. The second kappa shape index (κ2) is 7.37. The van der Waals surface area contributed by atoms with E-state index in [9.17, 15) is 4.79 Å². The van der Waals surface area contributed by atoms with Crippen LogP contribution in [0.2, 0.25) is 0 Å². The lowest BCUT2D eigenvalue weighted by molar-refractivity contribution is 0.100. The van der Waals surface area contributed by atoms with Gasteiger partial charge in [0.1, 0.15) is 5.82 Å².